The fraction of sp³-hybridized carbons (Fsp3) is 0.391. The lowest BCUT2D eigenvalue weighted by molar-refractivity contribution is -0.113. The molecule has 1 aliphatic heterocycles. The first-order chi connectivity index (χ1) is 15.4. The molecule has 1 fully saturated rings. The van der Waals surface area contributed by atoms with Crippen molar-refractivity contribution in [3.8, 4) is 0 Å². The monoisotopic (exact) mass is 472 g/mol. The molecule has 1 aromatic heterocycles. The number of aryl methyl sites for hydroxylation is 2. The van der Waals surface area contributed by atoms with Gasteiger partial charge in [-0.15, -0.1) is 0 Å². The van der Waals surface area contributed by atoms with Crippen molar-refractivity contribution in [1.29, 1.82) is 0 Å². The number of imidazole rings is 1. The second-order valence-corrected chi connectivity index (χ2v) is 10.8. The van der Waals surface area contributed by atoms with Gasteiger partial charge < -0.3 is 9.88 Å². The smallest absolute Gasteiger partial charge is 0.243 e. The molecule has 1 saturated heterocycles. The van der Waals surface area contributed by atoms with Gasteiger partial charge >= 0.3 is 0 Å². The van der Waals surface area contributed by atoms with Crippen LogP contribution in [-0.4, -0.2) is 47.0 Å². The molecular weight excluding hydrogens is 444 g/mol. The number of piperidine rings is 1. The van der Waals surface area contributed by atoms with Gasteiger partial charge in [-0.1, -0.05) is 30.3 Å². The summed E-state index contributed by atoms with van der Waals surface area (Å²) in [5.41, 5.74) is 3.35. The Morgan fingerprint density at radius 3 is 2.62 bits per heavy atom. The average Bonchev–Trinajstić information content (AvgIpc) is 3.15. The Morgan fingerprint density at radius 1 is 1.12 bits per heavy atom. The number of rotatable bonds is 7. The number of nitrogens with one attached hydrogen (secondary N) is 1. The van der Waals surface area contributed by atoms with E-state index in [9.17, 15) is 13.2 Å². The van der Waals surface area contributed by atoms with Crippen LogP contribution < -0.4 is 5.32 Å². The van der Waals surface area contributed by atoms with Crippen LogP contribution in [-0.2, 0) is 21.4 Å². The Morgan fingerprint density at radius 2 is 1.91 bits per heavy atom. The highest BCUT2D eigenvalue weighted by atomic mass is 32.2. The maximum Gasteiger partial charge on any atom is 0.243 e. The van der Waals surface area contributed by atoms with Crippen molar-refractivity contribution in [2.24, 2.45) is 0 Å². The zero-order valence-electron chi connectivity index (χ0n) is 18.4. The molecule has 170 valence electrons. The summed E-state index contributed by atoms with van der Waals surface area (Å²) in [5, 5.41) is 3.61. The van der Waals surface area contributed by atoms with Gasteiger partial charge in [0.1, 0.15) is 0 Å². The third-order valence-corrected chi connectivity index (χ3v) is 8.46. The lowest BCUT2D eigenvalue weighted by atomic mass is 10.2. The molecule has 3 aromatic rings. The fourth-order valence-electron chi connectivity index (χ4n) is 3.97. The van der Waals surface area contributed by atoms with Gasteiger partial charge in [-0.05, 0) is 62.6 Å². The Kier molecular flexibility index (Phi) is 6.88. The first kappa shape index (κ1) is 22.8. The second kappa shape index (κ2) is 9.64. The maximum atomic E-state index is 13.0. The van der Waals surface area contributed by atoms with Crippen molar-refractivity contribution >= 4 is 44.4 Å². The number of fused-ring (bicyclic) bond motifs is 1. The Balaban J connectivity index is 1.52. The van der Waals surface area contributed by atoms with Gasteiger partial charge in [0, 0.05) is 25.3 Å². The highest BCUT2D eigenvalue weighted by Gasteiger charge is 2.26. The number of benzene rings is 2. The SMILES string of the molecule is CCn1c(SCC(=O)Nc2cccc(C)c2)nc2cc(S(=O)(=O)N3CCCCC3)ccc21. The molecule has 0 atom stereocenters. The van der Waals surface area contributed by atoms with Crippen LogP contribution in [0, 0.1) is 6.92 Å². The van der Waals surface area contributed by atoms with Crippen LogP contribution in [0.15, 0.2) is 52.5 Å². The summed E-state index contributed by atoms with van der Waals surface area (Å²) < 4.78 is 29.7. The quantitative estimate of drug-likeness (QED) is 0.519. The lowest BCUT2D eigenvalue weighted by Crippen LogP contribution is -2.35. The maximum absolute atomic E-state index is 13.0. The number of anilines is 1. The summed E-state index contributed by atoms with van der Waals surface area (Å²) in [6, 6.07) is 12.8. The molecule has 0 aliphatic carbocycles. The van der Waals surface area contributed by atoms with Gasteiger partial charge in [0.15, 0.2) is 5.16 Å². The zero-order chi connectivity index (χ0) is 22.7. The molecule has 4 rings (SSSR count). The fourth-order valence-corrected chi connectivity index (χ4v) is 6.38. The minimum Gasteiger partial charge on any atom is -0.325 e. The van der Waals surface area contributed by atoms with E-state index in [1.54, 1.807) is 16.4 Å². The van der Waals surface area contributed by atoms with E-state index in [0.717, 1.165) is 36.0 Å². The van der Waals surface area contributed by atoms with E-state index in [4.69, 9.17) is 0 Å². The van der Waals surface area contributed by atoms with Crippen molar-refractivity contribution in [2.75, 3.05) is 24.2 Å². The van der Waals surface area contributed by atoms with Crippen molar-refractivity contribution in [2.45, 2.75) is 49.7 Å². The minimum atomic E-state index is -3.51. The topological polar surface area (TPSA) is 84.3 Å². The summed E-state index contributed by atoms with van der Waals surface area (Å²) in [7, 11) is -3.51. The van der Waals surface area contributed by atoms with Crippen LogP contribution in [0.25, 0.3) is 11.0 Å². The number of aromatic nitrogens is 2. The molecule has 0 bridgehead atoms. The first-order valence-corrected chi connectivity index (χ1v) is 13.3. The summed E-state index contributed by atoms with van der Waals surface area (Å²) in [5.74, 6) is 0.111. The molecule has 1 amide bonds. The molecule has 9 heteroatoms. The molecular formula is C23H28N4O3S2. The lowest BCUT2D eigenvalue weighted by Gasteiger charge is -2.25. The molecule has 0 radical (unpaired) electrons. The predicted molar refractivity (Wildman–Crippen MR) is 129 cm³/mol. The molecule has 32 heavy (non-hydrogen) atoms. The number of thioether (sulfide) groups is 1. The van der Waals surface area contributed by atoms with E-state index >= 15 is 0 Å². The van der Waals surface area contributed by atoms with Gasteiger partial charge in [0.25, 0.3) is 0 Å². The van der Waals surface area contributed by atoms with Crippen molar-refractivity contribution in [1.82, 2.24) is 13.9 Å². The minimum absolute atomic E-state index is 0.108. The number of carbonyl (C=O) groups excluding carboxylic acids is 1. The Bertz CT molecular complexity index is 1230. The number of hydrogen-bond acceptors (Lipinski definition) is 5. The van der Waals surface area contributed by atoms with Gasteiger partial charge in [-0.2, -0.15) is 4.31 Å². The third kappa shape index (κ3) is 4.84. The molecule has 1 N–H and O–H groups in total. The molecule has 7 nitrogen and oxygen atoms in total. The van der Waals surface area contributed by atoms with E-state index in [-0.39, 0.29) is 16.6 Å². The van der Waals surface area contributed by atoms with Gasteiger partial charge in [0.05, 0.1) is 21.7 Å². The van der Waals surface area contributed by atoms with Crippen molar-refractivity contribution < 1.29 is 13.2 Å². The van der Waals surface area contributed by atoms with Crippen LogP contribution in [0.4, 0.5) is 5.69 Å². The molecule has 0 spiro atoms. The number of sulfonamides is 1. The summed E-state index contributed by atoms with van der Waals surface area (Å²) >= 11 is 1.35. The molecule has 2 aromatic carbocycles. The third-order valence-electron chi connectivity index (χ3n) is 5.59. The van der Waals surface area contributed by atoms with Crippen LogP contribution in [0.3, 0.4) is 0 Å². The van der Waals surface area contributed by atoms with E-state index < -0.39 is 10.0 Å². The van der Waals surface area contributed by atoms with E-state index in [2.05, 4.69) is 10.3 Å². The largest absolute Gasteiger partial charge is 0.325 e. The second-order valence-electron chi connectivity index (χ2n) is 7.96. The van der Waals surface area contributed by atoms with Crippen molar-refractivity contribution in [3.05, 3.63) is 48.0 Å². The van der Waals surface area contributed by atoms with Crippen LogP contribution in [0.2, 0.25) is 0 Å². The van der Waals surface area contributed by atoms with E-state index in [0.29, 0.717) is 30.3 Å². The normalized spacial score (nSPS) is 15.2. The first-order valence-electron chi connectivity index (χ1n) is 10.9. The molecule has 0 unspecified atom stereocenters. The Labute approximate surface area is 193 Å². The molecule has 1 aliphatic rings. The highest BCUT2D eigenvalue weighted by Crippen LogP contribution is 2.28. The van der Waals surface area contributed by atoms with E-state index in [1.807, 2.05) is 48.7 Å². The summed E-state index contributed by atoms with van der Waals surface area (Å²) in [4.78, 5) is 17.4. The van der Waals surface area contributed by atoms with Gasteiger partial charge in [-0.25, -0.2) is 13.4 Å². The predicted octanol–water partition coefficient (Wildman–Crippen LogP) is 4.27. The average molecular weight is 473 g/mol. The van der Waals surface area contributed by atoms with Crippen LogP contribution in [0.5, 0.6) is 0 Å². The standard InChI is InChI=1S/C23H28N4O3S2/c1-3-27-21-11-10-19(32(29,30)26-12-5-4-6-13-26)15-20(21)25-23(27)31-16-22(28)24-18-9-7-8-17(2)14-18/h7-11,14-15H,3-6,12-13,16H2,1-2H3,(H,24,28). The summed E-state index contributed by atoms with van der Waals surface area (Å²) in [6.07, 6.45) is 2.87. The van der Waals surface area contributed by atoms with Crippen LogP contribution >= 0.6 is 11.8 Å². The number of amides is 1. The van der Waals surface area contributed by atoms with Crippen molar-refractivity contribution in [3.63, 3.8) is 0 Å². The van der Waals surface area contributed by atoms with Gasteiger partial charge in [-0.3, -0.25) is 4.79 Å². The number of carbonyl (C=O) groups is 1. The number of hydrogen-bond donors (Lipinski definition) is 1. The Hall–Kier alpha value is -2.36. The van der Waals surface area contributed by atoms with E-state index in [1.165, 1.54) is 11.8 Å². The molecule has 0 saturated carbocycles. The van der Waals surface area contributed by atoms with Gasteiger partial charge in [0.2, 0.25) is 15.9 Å². The number of nitrogens with zero attached hydrogens (tertiary/aromatic N) is 3. The molecule has 2 heterocycles. The van der Waals surface area contributed by atoms with Crippen LogP contribution in [0.1, 0.15) is 31.7 Å². The zero-order valence-corrected chi connectivity index (χ0v) is 20.0. The highest BCUT2D eigenvalue weighted by molar-refractivity contribution is 7.99. The summed E-state index contributed by atoms with van der Waals surface area (Å²) in [6.45, 7) is 5.81.